The lowest BCUT2D eigenvalue weighted by Crippen LogP contribution is -2.62. The summed E-state index contributed by atoms with van der Waals surface area (Å²) in [7, 11) is 1.94. The van der Waals surface area contributed by atoms with Crippen LogP contribution in [0.5, 0.6) is 0 Å². The van der Waals surface area contributed by atoms with E-state index in [9.17, 15) is 58.5 Å². The number of aliphatic carboxylic acids is 1. The number of aliphatic hydroxyl groups is 2. The summed E-state index contributed by atoms with van der Waals surface area (Å²) in [6, 6.07) is -15.4. The lowest BCUT2D eigenvalue weighted by atomic mass is 9.84. The highest BCUT2D eigenvalue weighted by Crippen LogP contribution is 2.42. The number of nitrogens with one attached hydrogen (secondary N) is 8. The summed E-state index contributed by atoms with van der Waals surface area (Å²) < 4.78 is 5.45. The van der Waals surface area contributed by atoms with E-state index in [2.05, 4.69) is 47.5 Å². The van der Waals surface area contributed by atoms with Crippen molar-refractivity contribution in [2.45, 2.75) is 231 Å². The van der Waals surface area contributed by atoms with E-state index in [4.69, 9.17) is 21.9 Å². The van der Waals surface area contributed by atoms with Crippen LogP contribution in [0.2, 0.25) is 0 Å². The third-order valence-corrected chi connectivity index (χ3v) is 22.0. The zero-order valence-corrected chi connectivity index (χ0v) is 58.6. The maximum absolute atomic E-state index is 15.4. The molecule has 0 unspecified atom stereocenters. The smallest absolute Gasteiger partial charge is 0.326 e. The largest absolute Gasteiger partial charge is 0.480 e. The lowest BCUT2D eigenvalue weighted by Gasteiger charge is -2.38. The van der Waals surface area contributed by atoms with Gasteiger partial charge in [-0.15, -0.1) is 0 Å². The molecule has 5 fully saturated rings. The second-order valence-corrected chi connectivity index (χ2v) is 29.5. The minimum atomic E-state index is -1.84. The predicted octanol–water partition coefficient (Wildman–Crippen LogP) is -0.953. The first-order chi connectivity index (χ1) is 45.6. The Hall–Kier alpha value is -6.35. The Kier molecular flexibility index (Phi) is 32.9. The number of aliphatic hydroxyl groups excluding tert-OH is 2. The van der Waals surface area contributed by atoms with Gasteiger partial charge in [0.25, 0.3) is 0 Å². The number of guanidine groups is 1. The zero-order valence-electron chi connectivity index (χ0n) is 57.0. The van der Waals surface area contributed by atoms with Crippen molar-refractivity contribution in [2.75, 3.05) is 51.0 Å². The Morgan fingerprint density at radius 1 is 0.677 bits per heavy atom. The Balaban J connectivity index is 1.61. The molecule has 0 radical (unpaired) electrons. The number of hydrogen-bond acceptors (Lipinski definition) is 19. The molecule has 0 spiro atoms. The van der Waals surface area contributed by atoms with E-state index in [1.807, 2.05) is 20.8 Å². The molecule has 17 N–H and O–H groups in total. The Bertz CT molecular complexity index is 2720. The average Bonchev–Trinajstić information content (AvgIpc) is 1.61. The van der Waals surface area contributed by atoms with Gasteiger partial charge in [0.15, 0.2) is 11.7 Å². The molecule has 32 heteroatoms. The number of aliphatic imine (C=N–C) groups is 1. The van der Waals surface area contributed by atoms with E-state index in [0.717, 1.165) is 40.9 Å². The van der Waals surface area contributed by atoms with E-state index in [-0.39, 0.29) is 86.5 Å². The number of carboxylic acid groups (broad SMARTS) is 1. The molecule has 0 aromatic heterocycles. The molecule has 1 aliphatic carbocycles. The molecule has 4 saturated heterocycles. The van der Waals surface area contributed by atoms with Crippen LogP contribution in [-0.4, -0.2) is 225 Å². The molecule has 0 bridgehead atoms. The molecule has 4 heterocycles. The number of nitrogens with two attached hydrogens (primary N) is 3. The lowest BCUT2D eigenvalue weighted by molar-refractivity contribution is -0.150. The third-order valence-electron chi connectivity index (χ3n) is 19.5. The van der Waals surface area contributed by atoms with Gasteiger partial charge in [-0.25, -0.2) is 4.79 Å². The van der Waals surface area contributed by atoms with Crippen LogP contribution in [0.25, 0.3) is 0 Å². The zero-order chi connectivity index (χ0) is 71.1. The molecule has 5 aliphatic rings. The molecule has 10 amide bonds. The molecule has 96 heavy (non-hydrogen) atoms. The van der Waals surface area contributed by atoms with E-state index in [1.165, 1.54) is 4.90 Å². The van der Waals surface area contributed by atoms with Crippen LogP contribution in [0.3, 0.4) is 0 Å². The molecular formula is C64H108N14O16S2. The van der Waals surface area contributed by atoms with Crippen molar-refractivity contribution in [3.63, 3.8) is 0 Å². The highest BCUT2D eigenvalue weighted by molar-refractivity contribution is 8.76. The van der Waals surface area contributed by atoms with Crippen molar-refractivity contribution >= 4 is 98.4 Å². The van der Waals surface area contributed by atoms with Crippen LogP contribution >= 0.6 is 21.6 Å². The van der Waals surface area contributed by atoms with Crippen LogP contribution in [-0.2, 0) is 62.3 Å². The second kappa shape index (κ2) is 39.3. The fourth-order valence-electron chi connectivity index (χ4n) is 13.1. The monoisotopic (exact) mass is 1390 g/mol. The summed E-state index contributed by atoms with van der Waals surface area (Å²) >= 11 is 0. The molecule has 1 saturated carbocycles. The summed E-state index contributed by atoms with van der Waals surface area (Å²) in [5.74, 6) is -14.3. The number of rotatable bonds is 22. The van der Waals surface area contributed by atoms with Crippen LogP contribution in [0.15, 0.2) is 4.99 Å². The van der Waals surface area contributed by atoms with Gasteiger partial charge in [-0.2, -0.15) is 0 Å². The molecule has 4 aliphatic heterocycles. The number of carbonyl (C=O) groups excluding carboxylic acids is 11. The number of ether oxygens (including phenoxy) is 1. The number of carboxylic acids is 1. The molecule has 0 aromatic rings. The number of carbonyl (C=O) groups is 12. The van der Waals surface area contributed by atoms with Crippen molar-refractivity contribution in [2.24, 2.45) is 63.6 Å². The molecule has 5 rings (SSSR count). The maximum atomic E-state index is 15.4. The van der Waals surface area contributed by atoms with Crippen molar-refractivity contribution in [3.05, 3.63) is 0 Å². The summed E-state index contributed by atoms with van der Waals surface area (Å²) in [5, 5.41) is 53.0. The standard InChI is InChI=1S/C64H108N14O16S2/c1-9-34(6)50-48(81)28-39(53(82)76-52(63(92)93)36(8)11-3)31-95-96-32-44(73-60(89)51(35(7)10-2)75-59(88)49(65)37-20-24-94-25-21-37)57(86)72-42(29-79)55(84)69-40(17-14-22-68-64(66)67)54(83)71-43(30-80)56(85)70-41(26-33(4)5)61(90)77-23-15-19-46(77)62(91)78-45-18-13-12-16-38(45)27-47(78)58(87)74-50/h33-47,49-52,79-80H,9-32,65H2,1-8H3,(H,69,84)(H,70,85)(H,71,83)(H,72,86)(H,73,89)(H,74,87)(H,75,88)(H,76,82)(H,92,93)(H4,66,67,68)/t34-,35-,36-,38-,39-,40-,41-,42-,43-,44-,45-,46-,47-,49-,50-,51-,52-/m0/s1. The van der Waals surface area contributed by atoms with E-state index in [0.29, 0.717) is 58.2 Å². The van der Waals surface area contributed by atoms with Gasteiger partial charge in [-0.3, -0.25) is 57.7 Å². The van der Waals surface area contributed by atoms with Crippen molar-refractivity contribution < 1.29 is 77.6 Å². The van der Waals surface area contributed by atoms with Crippen LogP contribution < -0.4 is 59.7 Å². The third kappa shape index (κ3) is 22.6. The van der Waals surface area contributed by atoms with Gasteiger partial charge in [0.1, 0.15) is 54.4 Å². The quantitative estimate of drug-likeness (QED) is 0.0269. The summed E-state index contributed by atoms with van der Waals surface area (Å²) in [4.78, 5) is 181. The van der Waals surface area contributed by atoms with Gasteiger partial charge in [0.2, 0.25) is 59.1 Å². The number of ketones is 1. The first-order valence-electron chi connectivity index (χ1n) is 34.3. The minimum Gasteiger partial charge on any atom is -0.480 e. The topological polar surface area (TPSA) is 468 Å². The molecular weight excluding hydrogens is 1280 g/mol. The minimum absolute atomic E-state index is 0.0390. The fraction of sp³-hybridized carbons (Fsp3) is 0.797. The number of fused-ring (bicyclic) bond motifs is 4. The molecule has 542 valence electrons. The molecule has 17 atom stereocenters. The van der Waals surface area contributed by atoms with Crippen LogP contribution in [0, 0.1) is 41.4 Å². The van der Waals surface area contributed by atoms with E-state index < -0.39 is 181 Å². The average molecular weight is 1390 g/mol. The van der Waals surface area contributed by atoms with Gasteiger partial charge >= 0.3 is 5.97 Å². The Labute approximate surface area is 571 Å². The van der Waals surface area contributed by atoms with Crippen LogP contribution in [0.4, 0.5) is 0 Å². The number of hydrogen-bond donors (Lipinski definition) is 14. The van der Waals surface area contributed by atoms with Crippen LogP contribution in [0.1, 0.15) is 158 Å². The van der Waals surface area contributed by atoms with Crippen molar-refractivity contribution in [3.8, 4) is 0 Å². The van der Waals surface area contributed by atoms with Crippen molar-refractivity contribution in [1.82, 2.24) is 52.3 Å². The number of amides is 10. The maximum Gasteiger partial charge on any atom is 0.326 e. The number of Topliss-reactive ketones (excluding diaryl/α,β-unsaturated/α-hetero) is 1. The summed E-state index contributed by atoms with van der Waals surface area (Å²) in [6.45, 7) is 12.9. The highest BCUT2D eigenvalue weighted by atomic mass is 33.1. The molecule has 30 nitrogen and oxygen atoms in total. The van der Waals surface area contributed by atoms with E-state index in [1.54, 1.807) is 39.5 Å². The predicted molar refractivity (Wildman–Crippen MR) is 360 cm³/mol. The van der Waals surface area contributed by atoms with Crippen molar-refractivity contribution in [1.29, 1.82) is 0 Å². The summed E-state index contributed by atoms with van der Waals surface area (Å²) in [6.07, 6.45) is 5.32. The fourth-order valence-corrected chi connectivity index (χ4v) is 15.6. The van der Waals surface area contributed by atoms with Gasteiger partial charge < -0.3 is 89.6 Å². The normalized spacial score (nSPS) is 28.7. The number of nitrogens with zero attached hydrogens (tertiary/aromatic N) is 3. The highest BCUT2D eigenvalue weighted by Gasteiger charge is 2.52. The first kappa shape index (κ1) is 80.3. The summed E-state index contributed by atoms with van der Waals surface area (Å²) in [5.41, 5.74) is 17.6. The second-order valence-electron chi connectivity index (χ2n) is 26.9. The van der Waals surface area contributed by atoms with E-state index >= 15 is 14.4 Å². The SMILES string of the molecule is CC[C@H](C)[C@H](NC(=O)[C@@H]1CSSC[C@H](NC(=O)[C@@H](NC(=O)[C@@H](N)C2CCOCC2)[C@@H](C)CC)C(=O)N[C@@H](CO)C(=O)N[C@@H](CCCN=C(N)N)C(=O)N[C@@H](CO)C(=O)N[C@@H](CC(C)C)C(=O)N2CCC[C@H]2C(=O)N2[C@@H](C[C@@H]3CCCC[C@@H]32)C(=O)N[C@@H]([C@@H](C)CC)C(=O)C1)C(=O)O. The Morgan fingerprint density at radius 2 is 1.27 bits per heavy atom. The first-order valence-corrected chi connectivity index (χ1v) is 36.8. The van der Waals surface area contributed by atoms with Gasteiger partial charge in [-0.05, 0) is 99.7 Å². The Morgan fingerprint density at radius 3 is 1.88 bits per heavy atom. The molecule has 0 aromatic carbocycles. The van der Waals surface area contributed by atoms with Gasteiger partial charge in [0.05, 0.1) is 31.2 Å². The van der Waals surface area contributed by atoms with Gasteiger partial charge in [0, 0.05) is 50.3 Å². The van der Waals surface area contributed by atoms with Gasteiger partial charge in [-0.1, -0.05) is 109 Å².